The molecule has 2 heterocycles. The summed E-state index contributed by atoms with van der Waals surface area (Å²) in [5.74, 6) is 0. The number of rotatable bonds is 6. The van der Waals surface area contributed by atoms with Crippen molar-refractivity contribution in [1.82, 2.24) is 0 Å². The molecule has 0 aromatic heterocycles. The average molecular weight is 276 g/mol. The molecular formula is C17H24O3. The lowest BCUT2D eigenvalue weighted by Gasteiger charge is -2.36. The lowest BCUT2D eigenvalue weighted by atomic mass is 9.86. The Morgan fingerprint density at radius 2 is 1.85 bits per heavy atom. The van der Waals surface area contributed by atoms with Gasteiger partial charge in [-0.25, -0.2) is 0 Å². The minimum absolute atomic E-state index is 0.295. The SMILES string of the molecule is OC1(CCCOCc2ccccc2)CC2CCC(C1)O2. The first kappa shape index (κ1) is 14.1. The van der Waals surface area contributed by atoms with E-state index in [-0.39, 0.29) is 0 Å². The summed E-state index contributed by atoms with van der Waals surface area (Å²) in [7, 11) is 0. The molecular weight excluding hydrogens is 252 g/mol. The van der Waals surface area contributed by atoms with Crippen molar-refractivity contribution in [2.75, 3.05) is 6.61 Å². The Morgan fingerprint density at radius 1 is 1.15 bits per heavy atom. The Morgan fingerprint density at radius 3 is 2.55 bits per heavy atom. The summed E-state index contributed by atoms with van der Waals surface area (Å²) in [6.07, 6.45) is 6.20. The van der Waals surface area contributed by atoms with Crippen molar-refractivity contribution in [1.29, 1.82) is 0 Å². The van der Waals surface area contributed by atoms with E-state index in [1.54, 1.807) is 0 Å². The molecule has 0 radical (unpaired) electrons. The summed E-state index contributed by atoms with van der Waals surface area (Å²) in [4.78, 5) is 0. The third-order valence-corrected chi connectivity index (χ3v) is 4.45. The van der Waals surface area contributed by atoms with E-state index in [0.717, 1.165) is 38.5 Å². The summed E-state index contributed by atoms with van der Waals surface area (Å²) >= 11 is 0. The third kappa shape index (κ3) is 3.60. The van der Waals surface area contributed by atoms with E-state index >= 15 is 0 Å². The zero-order valence-corrected chi connectivity index (χ0v) is 12.0. The van der Waals surface area contributed by atoms with E-state index in [9.17, 15) is 5.11 Å². The van der Waals surface area contributed by atoms with Crippen LogP contribution in [0.3, 0.4) is 0 Å². The summed E-state index contributed by atoms with van der Waals surface area (Å²) in [5.41, 5.74) is 0.690. The zero-order valence-electron chi connectivity index (χ0n) is 12.0. The highest BCUT2D eigenvalue weighted by molar-refractivity contribution is 5.13. The molecule has 2 fully saturated rings. The number of benzene rings is 1. The highest BCUT2D eigenvalue weighted by Crippen LogP contribution is 2.40. The first-order chi connectivity index (χ1) is 9.73. The number of hydrogen-bond donors (Lipinski definition) is 1. The van der Waals surface area contributed by atoms with Gasteiger partial charge < -0.3 is 14.6 Å². The molecule has 0 saturated carbocycles. The minimum atomic E-state index is -0.514. The van der Waals surface area contributed by atoms with E-state index in [0.29, 0.717) is 25.4 Å². The fourth-order valence-corrected chi connectivity index (χ4v) is 3.48. The molecule has 3 rings (SSSR count). The van der Waals surface area contributed by atoms with Gasteiger partial charge in [-0.2, -0.15) is 0 Å². The van der Waals surface area contributed by atoms with Gasteiger partial charge in [0.1, 0.15) is 0 Å². The summed E-state index contributed by atoms with van der Waals surface area (Å²) in [6, 6.07) is 10.2. The Hall–Kier alpha value is -0.900. The fraction of sp³-hybridized carbons (Fsp3) is 0.647. The first-order valence-electron chi connectivity index (χ1n) is 7.73. The number of hydrogen-bond acceptors (Lipinski definition) is 3. The minimum Gasteiger partial charge on any atom is -0.390 e. The molecule has 0 amide bonds. The molecule has 3 heteroatoms. The molecule has 2 aliphatic rings. The molecule has 0 spiro atoms. The van der Waals surface area contributed by atoms with Crippen LogP contribution in [0.25, 0.3) is 0 Å². The van der Waals surface area contributed by atoms with Gasteiger partial charge in [-0.05, 0) is 31.2 Å². The van der Waals surface area contributed by atoms with Crippen LogP contribution >= 0.6 is 0 Å². The van der Waals surface area contributed by atoms with E-state index < -0.39 is 5.60 Å². The largest absolute Gasteiger partial charge is 0.390 e. The molecule has 3 nitrogen and oxygen atoms in total. The molecule has 1 aromatic rings. The number of aliphatic hydroxyl groups is 1. The van der Waals surface area contributed by atoms with Gasteiger partial charge in [0.15, 0.2) is 0 Å². The lowest BCUT2D eigenvalue weighted by molar-refractivity contribution is -0.116. The van der Waals surface area contributed by atoms with Crippen LogP contribution in [-0.4, -0.2) is 29.5 Å². The van der Waals surface area contributed by atoms with Crippen LogP contribution in [0.2, 0.25) is 0 Å². The van der Waals surface area contributed by atoms with Crippen molar-refractivity contribution in [3.63, 3.8) is 0 Å². The van der Waals surface area contributed by atoms with Crippen molar-refractivity contribution in [3.05, 3.63) is 35.9 Å². The van der Waals surface area contributed by atoms with Crippen LogP contribution in [0.1, 0.15) is 44.1 Å². The molecule has 20 heavy (non-hydrogen) atoms. The molecule has 1 N–H and O–H groups in total. The van der Waals surface area contributed by atoms with Crippen LogP contribution < -0.4 is 0 Å². The predicted octanol–water partition coefficient (Wildman–Crippen LogP) is 3.06. The van der Waals surface area contributed by atoms with Gasteiger partial charge in [0.05, 0.1) is 24.4 Å². The van der Waals surface area contributed by atoms with Gasteiger partial charge >= 0.3 is 0 Å². The summed E-state index contributed by atoms with van der Waals surface area (Å²) in [5, 5.41) is 10.6. The quantitative estimate of drug-likeness (QED) is 0.812. The second kappa shape index (κ2) is 6.25. The molecule has 2 unspecified atom stereocenters. The average Bonchev–Trinajstić information content (AvgIpc) is 2.79. The number of fused-ring (bicyclic) bond motifs is 2. The maximum absolute atomic E-state index is 10.6. The molecule has 2 aliphatic heterocycles. The second-order valence-electron chi connectivity index (χ2n) is 6.23. The fourth-order valence-electron chi connectivity index (χ4n) is 3.48. The van der Waals surface area contributed by atoms with E-state index in [2.05, 4.69) is 12.1 Å². The monoisotopic (exact) mass is 276 g/mol. The highest BCUT2D eigenvalue weighted by atomic mass is 16.5. The highest BCUT2D eigenvalue weighted by Gasteiger charge is 2.43. The third-order valence-electron chi connectivity index (χ3n) is 4.45. The maximum atomic E-state index is 10.6. The molecule has 2 atom stereocenters. The Bertz CT molecular complexity index is 406. The van der Waals surface area contributed by atoms with Crippen molar-refractivity contribution in [2.45, 2.75) is 62.9 Å². The lowest BCUT2D eigenvalue weighted by Crippen LogP contribution is -2.41. The van der Waals surface area contributed by atoms with Crippen molar-refractivity contribution >= 4 is 0 Å². The Kier molecular flexibility index (Phi) is 4.39. The molecule has 2 bridgehead atoms. The standard InChI is InChI=1S/C17H24O3/c18-17(11-15-7-8-16(12-17)20-15)9-4-10-19-13-14-5-2-1-3-6-14/h1-3,5-6,15-16,18H,4,7-13H2. The maximum Gasteiger partial charge on any atom is 0.0716 e. The Balaban J connectivity index is 1.35. The van der Waals surface area contributed by atoms with Crippen molar-refractivity contribution < 1.29 is 14.6 Å². The van der Waals surface area contributed by atoms with Crippen molar-refractivity contribution in [3.8, 4) is 0 Å². The van der Waals surface area contributed by atoms with Gasteiger partial charge in [-0.3, -0.25) is 0 Å². The van der Waals surface area contributed by atoms with E-state index in [1.807, 2.05) is 18.2 Å². The molecule has 1 aromatic carbocycles. The number of ether oxygens (including phenoxy) is 2. The zero-order chi connectivity index (χ0) is 13.8. The van der Waals surface area contributed by atoms with Crippen LogP contribution in [0.5, 0.6) is 0 Å². The second-order valence-corrected chi connectivity index (χ2v) is 6.23. The molecule has 2 saturated heterocycles. The van der Waals surface area contributed by atoms with Gasteiger partial charge in [-0.15, -0.1) is 0 Å². The van der Waals surface area contributed by atoms with Gasteiger partial charge in [0, 0.05) is 19.4 Å². The van der Waals surface area contributed by atoms with Crippen LogP contribution in [-0.2, 0) is 16.1 Å². The van der Waals surface area contributed by atoms with E-state index in [4.69, 9.17) is 9.47 Å². The van der Waals surface area contributed by atoms with Gasteiger partial charge in [0.25, 0.3) is 0 Å². The van der Waals surface area contributed by atoms with Crippen LogP contribution in [0.15, 0.2) is 30.3 Å². The van der Waals surface area contributed by atoms with Crippen molar-refractivity contribution in [2.24, 2.45) is 0 Å². The molecule has 0 aliphatic carbocycles. The smallest absolute Gasteiger partial charge is 0.0716 e. The van der Waals surface area contributed by atoms with Gasteiger partial charge in [-0.1, -0.05) is 30.3 Å². The molecule has 110 valence electrons. The summed E-state index contributed by atoms with van der Waals surface area (Å²) < 4.78 is 11.5. The first-order valence-corrected chi connectivity index (χ1v) is 7.73. The normalized spacial score (nSPS) is 32.5. The van der Waals surface area contributed by atoms with Gasteiger partial charge in [0.2, 0.25) is 0 Å². The summed E-state index contributed by atoms with van der Waals surface area (Å²) in [6.45, 7) is 1.38. The van der Waals surface area contributed by atoms with Crippen LogP contribution in [0, 0.1) is 0 Å². The topological polar surface area (TPSA) is 38.7 Å². The predicted molar refractivity (Wildman–Crippen MR) is 77.4 cm³/mol. The van der Waals surface area contributed by atoms with E-state index in [1.165, 1.54) is 5.56 Å². The van der Waals surface area contributed by atoms with Crippen LogP contribution in [0.4, 0.5) is 0 Å². The Labute approximate surface area is 120 Å².